The minimum atomic E-state index is -0.437. The van der Waals surface area contributed by atoms with Crippen molar-refractivity contribution in [2.45, 2.75) is 20.8 Å². The number of methoxy groups -OCH3 is 1. The predicted molar refractivity (Wildman–Crippen MR) is 118 cm³/mol. The van der Waals surface area contributed by atoms with Crippen LogP contribution in [0.4, 0.5) is 5.69 Å². The molecule has 2 heterocycles. The molecule has 30 heavy (non-hydrogen) atoms. The Kier molecular flexibility index (Phi) is 4.99. The Hall–Kier alpha value is -3.67. The van der Waals surface area contributed by atoms with Crippen molar-refractivity contribution in [1.29, 1.82) is 0 Å². The Labute approximate surface area is 175 Å². The lowest BCUT2D eigenvalue weighted by Crippen LogP contribution is -2.27. The zero-order valence-electron chi connectivity index (χ0n) is 17.5. The second-order valence-electron chi connectivity index (χ2n) is 8.15. The molecule has 6 heteroatoms. The van der Waals surface area contributed by atoms with Crippen LogP contribution in [0.5, 0.6) is 5.75 Å². The minimum Gasteiger partial charge on any atom is -0.496 e. The van der Waals surface area contributed by atoms with E-state index < -0.39 is 5.41 Å². The normalized spacial score (nSPS) is 11.5. The Morgan fingerprint density at radius 2 is 1.63 bits per heavy atom. The number of carbonyl (C=O) groups excluding carboxylic acids is 1. The van der Waals surface area contributed by atoms with Gasteiger partial charge in [-0.3, -0.25) is 9.20 Å². The molecule has 1 amide bonds. The Morgan fingerprint density at radius 3 is 2.33 bits per heavy atom. The second-order valence-corrected chi connectivity index (χ2v) is 8.15. The van der Waals surface area contributed by atoms with Gasteiger partial charge in [-0.15, -0.1) is 10.2 Å². The molecule has 152 valence electrons. The zero-order valence-corrected chi connectivity index (χ0v) is 17.5. The second kappa shape index (κ2) is 7.63. The van der Waals surface area contributed by atoms with E-state index in [2.05, 4.69) is 15.5 Å². The lowest BCUT2D eigenvalue weighted by atomic mass is 9.95. The number of benzene rings is 2. The summed E-state index contributed by atoms with van der Waals surface area (Å²) >= 11 is 0. The van der Waals surface area contributed by atoms with Crippen LogP contribution in [0.15, 0.2) is 66.9 Å². The van der Waals surface area contributed by atoms with Gasteiger partial charge in [0.15, 0.2) is 11.5 Å². The maximum absolute atomic E-state index is 12.2. The standard InChI is InChI=1S/C24H24N4O2/c1-24(2,3)23(29)25-18-12-9-16(10-13-18)17-11-14-21-26-27-22(28(21)15-17)19-7-5-6-8-20(19)30-4/h5-15H,1-4H3,(H,25,29). The first-order valence-corrected chi connectivity index (χ1v) is 9.77. The molecule has 0 bridgehead atoms. The SMILES string of the molecule is COc1ccccc1-c1nnc2ccc(-c3ccc(NC(=O)C(C)(C)C)cc3)cn12. The predicted octanol–water partition coefficient (Wildman–Crippen LogP) is 5.06. The van der Waals surface area contributed by atoms with E-state index in [1.807, 2.05) is 92.0 Å². The number of ether oxygens (including phenoxy) is 1. The molecule has 1 N–H and O–H groups in total. The summed E-state index contributed by atoms with van der Waals surface area (Å²) in [6, 6.07) is 19.5. The number of aromatic nitrogens is 3. The third kappa shape index (κ3) is 3.76. The van der Waals surface area contributed by atoms with Gasteiger partial charge in [-0.2, -0.15) is 0 Å². The van der Waals surface area contributed by atoms with Crippen LogP contribution >= 0.6 is 0 Å². The molecule has 0 radical (unpaired) electrons. The first-order valence-electron chi connectivity index (χ1n) is 9.77. The van der Waals surface area contributed by atoms with E-state index in [9.17, 15) is 4.79 Å². The molecule has 0 aliphatic heterocycles. The molecule has 4 rings (SSSR count). The molecular formula is C24H24N4O2. The van der Waals surface area contributed by atoms with E-state index in [1.54, 1.807) is 7.11 Å². The van der Waals surface area contributed by atoms with Gasteiger partial charge in [-0.1, -0.05) is 45.0 Å². The number of amides is 1. The number of anilines is 1. The highest BCUT2D eigenvalue weighted by atomic mass is 16.5. The fourth-order valence-electron chi connectivity index (χ4n) is 3.14. The summed E-state index contributed by atoms with van der Waals surface area (Å²) in [5.41, 5.74) is 4.03. The van der Waals surface area contributed by atoms with Crippen molar-refractivity contribution >= 4 is 17.2 Å². The van der Waals surface area contributed by atoms with Crippen molar-refractivity contribution in [3.8, 4) is 28.3 Å². The molecule has 4 aromatic rings. The number of hydrogen-bond acceptors (Lipinski definition) is 4. The van der Waals surface area contributed by atoms with E-state index >= 15 is 0 Å². The van der Waals surface area contributed by atoms with Crippen molar-refractivity contribution in [2.75, 3.05) is 12.4 Å². The van der Waals surface area contributed by atoms with Gasteiger partial charge in [0.05, 0.1) is 12.7 Å². The first-order chi connectivity index (χ1) is 14.4. The van der Waals surface area contributed by atoms with Crippen LogP contribution < -0.4 is 10.1 Å². The van der Waals surface area contributed by atoms with Crippen LogP contribution in [0.25, 0.3) is 28.2 Å². The first kappa shape index (κ1) is 19.6. The molecule has 0 saturated carbocycles. The van der Waals surface area contributed by atoms with Gasteiger partial charge in [0.2, 0.25) is 5.91 Å². The van der Waals surface area contributed by atoms with E-state index in [1.165, 1.54) is 0 Å². The molecule has 2 aromatic heterocycles. The Balaban J connectivity index is 1.68. The summed E-state index contributed by atoms with van der Waals surface area (Å²) < 4.78 is 7.45. The molecule has 6 nitrogen and oxygen atoms in total. The zero-order chi connectivity index (χ0) is 21.3. The average Bonchev–Trinajstić information content (AvgIpc) is 3.16. The van der Waals surface area contributed by atoms with Gasteiger partial charge in [0.25, 0.3) is 0 Å². The van der Waals surface area contributed by atoms with Crippen LogP contribution in [-0.2, 0) is 4.79 Å². The molecule has 0 saturated heterocycles. The number of rotatable bonds is 4. The molecule has 0 spiro atoms. The Morgan fingerprint density at radius 1 is 0.933 bits per heavy atom. The van der Waals surface area contributed by atoms with E-state index in [0.717, 1.165) is 39.6 Å². The topological polar surface area (TPSA) is 68.5 Å². The van der Waals surface area contributed by atoms with E-state index in [-0.39, 0.29) is 5.91 Å². The van der Waals surface area contributed by atoms with Crippen LogP contribution in [-0.4, -0.2) is 27.6 Å². The summed E-state index contributed by atoms with van der Waals surface area (Å²) in [6.07, 6.45) is 2.01. The highest BCUT2D eigenvalue weighted by Crippen LogP contribution is 2.30. The van der Waals surface area contributed by atoms with Crippen LogP contribution in [0.1, 0.15) is 20.8 Å². The summed E-state index contributed by atoms with van der Waals surface area (Å²) in [5, 5.41) is 11.6. The highest BCUT2D eigenvalue weighted by Gasteiger charge is 2.21. The van der Waals surface area contributed by atoms with Gasteiger partial charge in [0.1, 0.15) is 5.75 Å². The monoisotopic (exact) mass is 400 g/mol. The number of para-hydroxylation sites is 1. The van der Waals surface area contributed by atoms with Gasteiger partial charge in [0, 0.05) is 17.3 Å². The molecule has 2 aromatic carbocycles. The summed E-state index contributed by atoms with van der Waals surface area (Å²) in [4.78, 5) is 12.2. The summed E-state index contributed by atoms with van der Waals surface area (Å²) in [6.45, 7) is 5.68. The van der Waals surface area contributed by atoms with Gasteiger partial charge in [-0.25, -0.2) is 0 Å². The molecule has 0 unspecified atom stereocenters. The number of hydrogen-bond donors (Lipinski definition) is 1. The number of nitrogens with zero attached hydrogens (tertiary/aromatic N) is 3. The summed E-state index contributed by atoms with van der Waals surface area (Å²) in [7, 11) is 1.65. The third-order valence-electron chi connectivity index (χ3n) is 4.91. The largest absolute Gasteiger partial charge is 0.496 e. The maximum atomic E-state index is 12.2. The van der Waals surface area contributed by atoms with Crippen molar-refractivity contribution in [3.63, 3.8) is 0 Å². The number of nitrogens with one attached hydrogen (secondary N) is 1. The number of fused-ring (bicyclic) bond motifs is 1. The van der Waals surface area contributed by atoms with Crippen molar-refractivity contribution < 1.29 is 9.53 Å². The van der Waals surface area contributed by atoms with E-state index in [0.29, 0.717) is 0 Å². The van der Waals surface area contributed by atoms with Crippen LogP contribution in [0, 0.1) is 5.41 Å². The average molecular weight is 400 g/mol. The third-order valence-corrected chi connectivity index (χ3v) is 4.91. The van der Waals surface area contributed by atoms with Gasteiger partial charge < -0.3 is 10.1 Å². The molecule has 0 aliphatic carbocycles. The lowest BCUT2D eigenvalue weighted by Gasteiger charge is -2.17. The van der Waals surface area contributed by atoms with Crippen LogP contribution in [0.3, 0.4) is 0 Å². The maximum Gasteiger partial charge on any atom is 0.229 e. The van der Waals surface area contributed by atoms with Crippen molar-refractivity contribution in [3.05, 3.63) is 66.9 Å². The van der Waals surface area contributed by atoms with Crippen molar-refractivity contribution in [2.24, 2.45) is 5.41 Å². The summed E-state index contributed by atoms with van der Waals surface area (Å²) in [5.74, 6) is 1.46. The molecular weight excluding hydrogens is 376 g/mol. The van der Waals surface area contributed by atoms with Crippen LogP contribution in [0.2, 0.25) is 0 Å². The van der Waals surface area contributed by atoms with Gasteiger partial charge in [-0.05, 0) is 47.5 Å². The quantitative estimate of drug-likeness (QED) is 0.520. The fraction of sp³-hybridized carbons (Fsp3) is 0.208. The Bertz CT molecular complexity index is 1200. The molecule has 0 fully saturated rings. The highest BCUT2D eigenvalue weighted by molar-refractivity contribution is 5.94. The fourth-order valence-corrected chi connectivity index (χ4v) is 3.14. The minimum absolute atomic E-state index is 0.0115. The molecule has 0 aliphatic rings. The number of pyridine rings is 1. The smallest absolute Gasteiger partial charge is 0.229 e. The molecule has 0 atom stereocenters. The van der Waals surface area contributed by atoms with Gasteiger partial charge >= 0.3 is 0 Å². The van der Waals surface area contributed by atoms with Crippen molar-refractivity contribution in [1.82, 2.24) is 14.6 Å². The number of carbonyl (C=O) groups is 1. The van der Waals surface area contributed by atoms with E-state index in [4.69, 9.17) is 4.74 Å². The lowest BCUT2D eigenvalue weighted by molar-refractivity contribution is -0.123.